The van der Waals surface area contributed by atoms with Gasteiger partial charge in [-0.1, -0.05) is 51.1 Å². The van der Waals surface area contributed by atoms with Crippen molar-refractivity contribution >= 4 is 5.91 Å². The van der Waals surface area contributed by atoms with E-state index < -0.39 is 5.41 Å². The van der Waals surface area contributed by atoms with E-state index >= 15 is 0 Å². The fourth-order valence-electron chi connectivity index (χ4n) is 3.36. The topological polar surface area (TPSA) is 41.1 Å². The highest BCUT2D eigenvalue weighted by Crippen LogP contribution is 2.32. The van der Waals surface area contributed by atoms with Crippen LogP contribution in [0.15, 0.2) is 30.3 Å². The molecule has 1 aromatic carbocycles. The number of hydrogen-bond acceptors (Lipinski definition) is 2. The normalized spacial score (nSPS) is 22.8. The third kappa shape index (κ3) is 3.29. The molecule has 0 bridgehead atoms. The molecular weight excluding hydrogens is 260 g/mol. The van der Waals surface area contributed by atoms with Crippen LogP contribution in [0.4, 0.5) is 0 Å². The summed E-state index contributed by atoms with van der Waals surface area (Å²) >= 11 is 0. The lowest BCUT2D eigenvalue weighted by molar-refractivity contribution is -0.128. The van der Waals surface area contributed by atoms with E-state index in [1.165, 1.54) is 0 Å². The van der Waals surface area contributed by atoms with E-state index in [1.807, 2.05) is 18.2 Å². The van der Waals surface area contributed by atoms with Gasteiger partial charge >= 0.3 is 0 Å². The van der Waals surface area contributed by atoms with Crippen LogP contribution in [0.3, 0.4) is 0 Å². The summed E-state index contributed by atoms with van der Waals surface area (Å²) in [7, 11) is 0. The Morgan fingerprint density at radius 3 is 2.52 bits per heavy atom. The van der Waals surface area contributed by atoms with Crippen molar-refractivity contribution in [2.45, 2.75) is 51.5 Å². The number of nitrogens with one attached hydrogen (secondary N) is 2. The minimum Gasteiger partial charge on any atom is -0.351 e. The molecule has 0 saturated carbocycles. The zero-order valence-electron chi connectivity index (χ0n) is 13.5. The van der Waals surface area contributed by atoms with Gasteiger partial charge in [0.1, 0.15) is 0 Å². The van der Waals surface area contributed by atoms with Crippen molar-refractivity contribution < 1.29 is 4.79 Å². The van der Waals surface area contributed by atoms with Gasteiger partial charge in [-0.2, -0.15) is 0 Å². The number of carbonyl (C=O) groups is 1. The molecule has 0 aliphatic carbocycles. The molecule has 3 nitrogen and oxygen atoms in total. The molecular formula is C18H28N2O. The second-order valence-electron chi connectivity index (χ2n) is 6.21. The summed E-state index contributed by atoms with van der Waals surface area (Å²) in [5.41, 5.74) is 0.724. The van der Waals surface area contributed by atoms with Crippen molar-refractivity contribution in [1.82, 2.24) is 10.6 Å². The molecule has 2 unspecified atom stereocenters. The molecule has 21 heavy (non-hydrogen) atoms. The maximum absolute atomic E-state index is 13.0. The molecule has 0 spiro atoms. The van der Waals surface area contributed by atoms with Crippen LogP contribution < -0.4 is 10.6 Å². The van der Waals surface area contributed by atoms with Gasteiger partial charge < -0.3 is 10.6 Å². The van der Waals surface area contributed by atoms with Crippen LogP contribution in [0, 0.1) is 5.92 Å². The number of amides is 1. The molecule has 3 heteroatoms. The zero-order valence-corrected chi connectivity index (χ0v) is 13.5. The van der Waals surface area contributed by atoms with Crippen molar-refractivity contribution in [3.05, 3.63) is 35.9 Å². The Bertz CT molecular complexity index is 454. The third-order valence-electron chi connectivity index (χ3n) is 5.11. The molecule has 2 N–H and O–H groups in total. The maximum Gasteiger partial charge on any atom is 0.230 e. The second-order valence-corrected chi connectivity index (χ2v) is 6.21. The van der Waals surface area contributed by atoms with Gasteiger partial charge in [0.05, 0.1) is 5.41 Å². The minimum absolute atomic E-state index is 0.180. The highest BCUT2D eigenvalue weighted by atomic mass is 16.2. The summed E-state index contributed by atoms with van der Waals surface area (Å²) < 4.78 is 0. The SMILES string of the molecule is CCC(CC)(C(=O)NC1CNCCC1C)c1ccccc1. The van der Waals surface area contributed by atoms with E-state index in [0.717, 1.165) is 37.9 Å². The largest absolute Gasteiger partial charge is 0.351 e. The van der Waals surface area contributed by atoms with Crippen molar-refractivity contribution in [3.63, 3.8) is 0 Å². The van der Waals surface area contributed by atoms with E-state index in [9.17, 15) is 4.79 Å². The zero-order chi connectivity index (χ0) is 15.3. The van der Waals surface area contributed by atoms with E-state index in [-0.39, 0.29) is 11.9 Å². The van der Waals surface area contributed by atoms with E-state index in [0.29, 0.717) is 5.92 Å². The summed E-state index contributed by atoms with van der Waals surface area (Å²) in [5.74, 6) is 0.719. The molecule has 0 radical (unpaired) electrons. The number of hydrogen-bond donors (Lipinski definition) is 2. The maximum atomic E-state index is 13.0. The van der Waals surface area contributed by atoms with Gasteiger partial charge in [-0.05, 0) is 37.3 Å². The third-order valence-corrected chi connectivity index (χ3v) is 5.11. The molecule has 0 aromatic heterocycles. The van der Waals surface area contributed by atoms with Crippen LogP contribution >= 0.6 is 0 Å². The average Bonchev–Trinajstić information content (AvgIpc) is 2.52. The number of piperidine rings is 1. The Morgan fingerprint density at radius 1 is 1.29 bits per heavy atom. The number of benzene rings is 1. The van der Waals surface area contributed by atoms with Crippen molar-refractivity contribution in [3.8, 4) is 0 Å². The van der Waals surface area contributed by atoms with Crippen molar-refractivity contribution in [2.24, 2.45) is 5.92 Å². The molecule has 1 amide bonds. The highest BCUT2D eigenvalue weighted by Gasteiger charge is 2.38. The van der Waals surface area contributed by atoms with E-state index in [1.54, 1.807) is 0 Å². The fraction of sp³-hybridized carbons (Fsp3) is 0.611. The van der Waals surface area contributed by atoms with Gasteiger partial charge in [0, 0.05) is 12.6 Å². The van der Waals surface area contributed by atoms with Crippen LogP contribution in [0.1, 0.15) is 45.6 Å². The molecule has 1 heterocycles. The Hall–Kier alpha value is -1.35. The summed E-state index contributed by atoms with van der Waals surface area (Å²) in [6.07, 6.45) is 2.78. The van der Waals surface area contributed by atoms with Crippen LogP contribution in [-0.4, -0.2) is 25.0 Å². The number of rotatable bonds is 5. The van der Waals surface area contributed by atoms with Crippen LogP contribution in [-0.2, 0) is 10.2 Å². The molecule has 1 fully saturated rings. The molecule has 1 aliphatic heterocycles. The first kappa shape index (κ1) is 16.0. The first-order valence-electron chi connectivity index (χ1n) is 8.21. The molecule has 1 aliphatic rings. The summed E-state index contributed by atoms with van der Waals surface area (Å²) in [6.45, 7) is 8.38. The predicted molar refractivity (Wildman–Crippen MR) is 87.3 cm³/mol. The van der Waals surface area contributed by atoms with Crippen molar-refractivity contribution in [1.29, 1.82) is 0 Å². The Kier molecular flexibility index (Phi) is 5.40. The Labute approximate surface area is 128 Å². The van der Waals surface area contributed by atoms with Gasteiger partial charge in [0.15, 0.2) is 0 Å². The lowest BCUT2D eigenvalue weighted by Crippen LogP contribution is -2.55. The lowest BCUT2D eigenvalue weighted by Gasteiger charge is -2.36. The van der Waals surface area contributed by atoms with Gasteiger partial charge in [-0.3, -0.25) is 4.79 Å². The Balaban J connectivity index is 2.19. The molecule has 116 valence electrons. The number of carbonyl (C=O) groups excluding carboxylic acids is 1. The van der Waals surface area contributed by atoms with Crippen LogP contribution in [0.5, 0.6) is 0 Å². The Morgan fingerprint density at radius 2 is 1.95 bits per heavy atom. The summed E-state index contributed by atoms with van der Waals surface area (Å²) in [5, 5.41) is 6.69. The standard InChI is InChI=1S/C18H28N2O/c1-4-18(5-2,15-9-7-6-8-10-15)17(21)20-16-13-19-12-11-14(16)3/h6-10,14,16,19H,4-5,11-13H2,1-3H3,(H,20,21). The molecule has 1 aromatic rings. The van der Waals surface area contributed by atoms with Crippen LogP contribution in [0.2, 0.25) is 0 Å². The summed E-state index contributed by atoms with van der Waals surface area (Å²) in [6, 6.07) is 10.4. The fourth-order valence-corrected chi connectivity index (χ4v) is 3.36. The predicted octanol–water partition coefficient (Wildman–Crippen LogP) is 2.86. The molecule has 1 saturated heterocycles. The monoisotopic (exact) mass is 288 g/mol. The molecule has 2 rings (SSSR count). The van der Waals surface area contributed by atoms with E-state index in [4.69, 9.17) is 0 Å². The first-order valence-corrected chi connectivity index (χ1v) is 8.21. The van der Waals surface area contributed by atoms with Gasteiger partial charge in [-0.25, -0.2) is 0 Å². The smallest absolute Gasteiger partial charge is 0.230 e. The highest BCUT2D eigenvalue weighted by molar-refractivity contribution is 5.88. The molecule has 2 atom stereocenters. The second kappa shape index (κ2) is 7.08. The summed E-state index contributed by atoms with van der Waals surface area (Å²) in [4.78, 5) is 13.0. The minimum atomic E-state index is -0.404. The van der Waals surface area contributed by atoms with Crippen LogP contribution in [0.25, 0.3) is 0 Å². The lowest BCUT2D eigenvalue weighted by atomic mass is 9.74. The van der Waals surface area contributed by atoms with Gasteiger partial charge in [0.25, 0.3) is 0 Å². The first-order chi connectivity index (χ1) is 10.1. The van der Waals surface area contributed by atoms with Gasteiger partial charge in [0.2, 0.25) is 5.91 Å². The van der Waals surface area contributed by atoms with Crippen molar-refractivity contribution in [2.75, 3.05) is 13.1 Å². The average molecular weight is 288 g/mol. The van der Waals surface area contributed by atoms with Gasteiger partial charge in [-0.15, -0.1) is 0 Å². The van der Waals surface area contributed by atoms with E-state index in [2.05, 4.69) is 43.5 Å². The quantitative estimate of drug-likeness (QED) is 0.875.